The Hall–Kier alpha value is -1.06. The summed E-state index contributed by atoms with van der Waals surface area (Å²) in [5.74, 6) is 0.630. The van der Waals surface area contributed by atoms with Gasteiger partial charge in [-0.1, -0.05) is 34.6 Å². The third-order valence-electron chi connectivity index (χ3n) is 3.49. The number of urea groups is 1. The predicted octanol–water partition coefficient (Wildman–Crippen LogP) is 3.17. The quantitative estimate of drug-likeness (QED) is 0.677. The minimum absolute atomic E-state index is 0.0469. The molecule has 0 aromatic heterocycles. The van der Waals surface area contributed by atoms with Crippen LogP contribution < -0.4 is 5.32 Å². The number of hydrogen-bond acceptors (Lipinski definition) is 2. The van der Waals surface area contributed by atoms with E-state index in [9.17, 15) is 9.59 Å². The van der Waals surface area contributed by atoms with Crippen molar-refractivity contribution in [3.8, 4) is 0 Å². The van der Waals surface area contributed by atoms with E-state index in [1.165, 1.54) is 4.90 Å². The van der Waals surface area contributed by atoms with E-state index < -0.39 is 5.54 Å². The van der Waals surface area contributed by atoms with Crippen molar-refractivity contribution < 1.29 is 9.59 Å². The normalized spacial score (nSPS) is 30.1. The molecule has 0 atom stereocenters. The van der Waals surface area contributed by atoms with Crippen molar-refractivity contribution in [2.24, 2.45) is 5.92 Å². The molecular formula is C14H28N2O2. The lowest BCUT2D eigenvalue weighted by Crippen LogP contribution is -2.49. The van der Waals surface area contributed by atoms with Crippen molar-refractivity contribution in [2.45, 2.75) is 65.8 Å². The van der Waals surface area contributed by atoms with Crippen LogP contribution in [0, 0.1) is 5.92 Å². The lowest BCUT2D eigenvalue weighted by Gasteiger charge is -2.33. The minimum atomic E-state index is -0.557. The summed E-state index contributed by atoms with van der Waals surface area (Å²) in [6.07, 6.45) is 3.64. The molecule has 4 heteroatoms. The highest BCUT2D eigenvalue weighted by molar-refractivity contribution is 6.06. The largest absolute Gasteiger partial charge is 0.324 e. The fraction of sp³-hybridized carbons (Fsp3) is 0.857. The summed E-state index contributed by atoms with van der Waals surface area (Å²) >= 11 is 0. The number of nitrogens with one attached hydrogen (secondary N) is 1. The van der Waals surface area contributed by atoms with E-state index >= 15 is 0 Å². The van der Waals surface area contributed by atoms with Crippen LogP contribution in [-0.2, 0) is 4.79 Å². The average molecular weight is 256 g/mol. The molecule has 0 unspecified atom stereocenters. The van der Waals surface area contributed by atoms with Crippen LogP contribution in [0.4, 0.5) is 4.79 Å². The first-order valence-corrected chi connectivity index (χ1v) is 7.15. The smallest absolute Gasteiger partial charge is 0.323 e. The first-order chi connectivity index (χ1) is 8.55. The molecule has 1 N–H and O–H groups in total. The van der Waals surface area contributed by atoms with Crippen molar-refractivity contribution in [3.63, 3.8) is 0 Å². The monoisotopic (exact) mass is 256 g/mol. The second-order valence-electron chi connectivity index (χ2n) is 4.56. The highest BCUT2D eigenvalue weighted by Crippen LogP contribution is 2.35. The second-order valence-corrected chi connectivity index (χ2v) is 4.56. The zero-order valence-corrected chi connectivity index (χ0v) is 12.7. The molecule has 106 valence electrons. The first-order valence-electron chi connectivity index (χ1n) is 7.15. The molecule has 3 amide bonds. The molecule has 0 aromatic carbocycles. The van der Waals surface area contributed by atoms with E-state index in [2.05, 4.69) is 12.2 Å². The number of imide groups is 1. The molecule has 1 spiro atoms. The highest BCUT2D eigenvalue weighted by atomic mass is 16.2. The molecule has 0 bridgehead atoms. The maximum atomic E-state index is 11.8. The lowest BCUT2D eigenvalue weighted by molar-refractivity contribution is -0.131. The van der Waals surface area contributed by atoms with Crippen LogP contribution in [0.25, 0.3) is 0 Å². The van der Waals surface area contributed by atoms with Crippen molar-refractivity contribution in [2.75, 3.05) is 7.05 Å². The van der Waals surface area contributed by atoms with E-state index in [0.29, 0.717) is 5.92 Å². The number of carbonyl (C=O) groups is 2. The van der Waals surface area contributed by atoms with Gasteiger partial charge in [0.05, 0.1) is 0 Å². The SMILES string of the molecule is CC.CC.CC1CCC2(CC1)NC(=O)N(C)C2=O. The fourth-order valence-electron chi connectivity index (χ4n) is 2.35. The highest BCUT2D eigenvalue weighted by Gasteiger charge is 2.50. The molecule has 2 rings (SSSR count). The minimum Gasteiger partial charge on any atom is -0.323 e. The molecule has 0 radical (unpaired) electrons. The summed E-state index contributed by atoms with van der Waals surface area (Å²) in [4.78, 5) is 24.4. The average Bonchev–Trinajstić information content (AvgIpc) is 2.63. The number of carbonyl (C=O) groups excluding carboxylic acids is 2. The zero-order valence-electron chi connectivity index (χ0n) is 12.7. The van der Waals surface area contributed by atoms with Crippen molar-refractivity contribution >= 4 is 11.9 Å². The topological polar surface area (TPSA) is 49.4 Å². The third-order valence-corrected chi connectivity index (χ3v) is 3.49. The summed E-state index contributed by atoms with van der Waals surface area (Å²) in [5, 5.41) is 2.83. The Labute approximate surface area is 111 Å². The van der Waals surface area contributed by atoms with Gasteiger partial charge < -0.3 is 5.32 Å². The van der Waals surface area contributed by atoms with Crippen molar-refractivity contribution in [1.82, 2.24) is 10.2 Å². The molecule has 1 saturated heterocycles. The van der Waals surface area contributed by atoms with Crippen molar-refractivity contribution in [3.05, 3.63) is 0 Å². The molecule has 2 fully saturated rings. The summed E-state index contributed by atoms with van der Waals surface area (Å²) in [6, 6.07) is -0.246. The van der Waals surface area contributed by atoms with Gasteiger partial charge in [-0.2, -0.15) is 0 Å². The van der Waals surface area contributed by atoms with Crippen LogP contribution in [-0.4, -0.2) is 29.4 Å². The number of rotatable bonds is 0. The maximum Gasteiger partial charge on any atom is 0.324 e. The summed E-state index contributed by atoms with van der Waals surface area (Å²) in [6.45, 7) is 10.2. The Bertz CT molecular complexity index is 282. The summed E-state index contributed by atoms with van der Waals surface area (Å²) in [5.41, 5.74) is -0.557. The van der Waals surface area contributed by atoms with E-state index in [4.69, 9.17) is 0 Å². The third kappa shape index (κ3) is 3.24. The molecule has 1 saturated carbocycles. The van der Waals surface area contributed by atoms with Crippen molar-refractivity contribution in [1.29, 1.82) is 0 Å². The Morgan fingerprint density at radius 2 is 1.56 bits per heavy atom. The van der Waals surface area contributed by atoms with Gasteiger partial charge in [-0.15, -0.1) is 0 Å². The van der Waals surface area contributed by atoms with Crippen LogP contribution in [0.5, 0.6) is 0 Å². The molecule has 4 nitrogen and oxygen atoms in total. The number of hydrogen-bond donors (Lipinski definition) is 1. The number of likely N-dealkylation sites (N-methyl/N-ethyl adjacent to an activating group) is 1. The van der Waals surface area contributed by atoms with E-state index in [1.54, 1.807) is 7.05 Å². The van der Waals surface area contributed by atoms with Crippen LogP contribution in [0.15, 0.2) is 0 Å². The standard InChI is InChI=1S/C10H16N2O2.2C2H6/c1-7-3-5-10(6-4-7)8(13)12(2)9(14)11-10;2*1-2/h7H,3-6H2,1-2H3,(H,11,14);2*1-2H3. The van der Waals surface area contributed by atoms with Gasteiger partial charge in [-0.05, 0) is 31.6 Å². The summed E-state index contributed by atoms with van der Waals surface area (Å²) in [7, 11) is 1.55. The van der Waals surface area contributed by atoms with Crippen LogP contribution in [0.2, 0.25) is 0 Å². The van der Waals surface area contributed by atoms with Gasteiger partial charge in [0, 0.05) is 7.05 Å². The van der Waals surface area contributed by atoms with Gasteiger partial charge in [-0.3, -0.25) is 9.69 Å². The predicted molar refractivity (Wildman–Crippen MR) is 74.4 cm³/mol. The van der Waals surface area contributed by atoms with Gasteiger partial charge in [0.25, 0.3) is 5.91 Å². The van der Waals surface area contributed by atoms with Crippen LogP contribution >= 0.6 is 0 Å². The fourth-order valence-corrected chi connectivity index (χ4v) is 2.35. The maximum absolute atomic E-state index is 11.8. The molecule has 18 heavy (non-hydrogen) atoms. The Balaban J connectivity index is 0.000000659. The molecule has 1 aliphatic carbocycles. The molecule has 2 aliphatic rings. The van der Waals surface area contributed by atoms with Gasteiger partial charge in [-0.25, -0.2) is 4.79 Å². The molecule has 1 aliphatic heterocycles. The van der Waals surface area contributed by atoms with Crippen LogP contribution in [0.1, 0.15) is 60.3 Å². The van der Waals surface area contributed by atoms with E-state index in [1.807, 2.05) is 27.7 Å². The van der Waals surface area contributed by atoms with E-state index in [-0.39, 0.29) is 11.9 Å². The molecule has 1 heterocycles. The molecule has 0 aromatic rings. The van der Waals surface area contributed by atoms with Gasteiger partial charge in [0.15, 0.2) is 0 Å². The number of amides is 3. The second kappa shape index (κ2) is 7.39. The first kappa shape index (κ1) is 16.9. The molecular weight excluding hydrogens is 228 g/mol. The summed E-state index contributed by atoms with van der Waals surface area (Å²) < 4.78 is 0. The Morgan fingerprint density at radius 3 is 1.89 bits per heavy atom. The van der Waals surface area contributed by atoms with Crippen LogP contribution in [0.3, 0.4) is 0 Å². The Morgan fingerprint density at radius 1 is 1.11 bits per heavy atom. The number of nitrogens with zero attached hydrogens (tertiary/aromatic N) is 1. The Kier molecular flexibility index (Phi) is 6.96. The van der Waals surface area contributed by atoms with Gasteiger partial charge in [0.2, 0.25) is 0 Å². The zero-order chi connectivity index (χ0) is 14.3. The lowest BCUT2D eigenvalue weighted by atomic mass is 9.77. The van der Waals surface area contributed by atoms with E-state index in [0.717, 1.165) is 25.7 Å². The van der Waals surface area contributed by atoms with Gasteiger partial charge >= 0.3 is 6.03 Å². The van der Waals surface area contributed by atoms with Gasteiger partial charge in [0.1, 0.15) is 5.54 Å².